The SMILES string of the molecule is C=CC(=O)N(Cc1cc(OC)ccc1OCOC)CC(C)OC. The maximum Gasteiger partial charge on any atom is 0.246 e. The molecular formula is C17H25NO5. The minimum atomic E-state index is -0.172. The summed E-state index contributed by atoms with van der Waals surface area (Å²) in [6.07, 6.45) is 1.20. The molecule has 0 N–H and O–H groups in total. The van der Waals surface area contributed by atoms with Crippen LogP contribution < -0.4 is 9.47 Å². The molecule has 0 heterocycles. The molecule has 1 atom stereocenters. The van der Waals surface area contributed by atoms with Crippen molar-refractivity contribution in [1.29, 1.82) is 0 Å². The Bertz CT molecular complexity index is 518. The number of carbonyl (C=O) groups is 1. The van der Waals surface area contributed by atoms with Gasteiger partial charge in [-0.2, -0.15) is 0 Å². The van der Waals surface area contributed by atoms with Crippen molar-refractivity contribution >= 4 is 5.91 Å². The largest absolute Gasteiger partial charge is 0.497 e. The highest BCUT2D eigenvalue weighted by molar-refractivity contribution is 5.87. The van der Waals surface area contributed by atoms with E-state index in [0.717, 1.165) is 5.56 Å². The van der Waals surface area contributed by atoms with Crippen molar-refractivity contribution in [3.8, 4) is 11.5 Å². The van der Waals surface area contributed by atoms with Crippen molar-refractivity contribution in [3.05, 3.63) is 36.4 Å². The number of nitrogens with zero attached hydrogens (tertiary/aromatic N) is 1. The summed E-state index contributed by atoms with van der Waals surface area (Å²) >= 11 is 0. The quantitative estimate of drug-likeness (QED) is 0.488. The molecule has 1 rings (SSSR count). The highest BCUT2D eigenvalue weighted by atomic mass is 16.7. The molecule has 6 nitrogen and oxygen atoms in total. The van der Waals surface area contributed by atoms with E-state index in [1.807, 2.05) is 13.0 Å². The average molecular weight is 323 g/mol. The first kappa shape index (κ1) is 19.0. The maximum absolute atomic E-state index is 12.1. The summed E-state index contributed by atoms with van der Waals surface area (Å²) in [4.78, 5) is 13.8. The molecule has 0 aliphatic heterocycles. The number of benzene rings is 1. The molecule has 0 aromatic heterocycles. The van der Waals surface area contributed by atoms with Crippen LogP contribution in [0, 0.1) is 0 Å². The van der Waals surface area contributed by atoms with E-state index < -0.39 is 0 Å². The Morgan fingerprint density at radius 3 is 2.65 bits per heavy atom. The number of ether oxygens (including phenoxy) is 4. The Labute approximate surface area is 137 Å². The fraction of sp³-hybridized carbons (Fsp3) is 0.471. The molecule has 0 fully saturated rings. The van der Waals surface area contributed by atoms with Crippen molar-refractivity contribution in [1.82, 2.24) is 4.90 Å². The number of hydrogen-bond donors (Lipinski definition) is 0. The lowest BCUT2D eigenvalue weighted by Crippen LogP contribution is -2.35. The van der Waals surface area contributed by atoms with Gasteiger partial charge in [0, 0.05) is 32.9 Å². The third-order valence-corrected chi connectivity index (χ3v) is 3.33. The van der Waals surface area contributed by atoms with Gasteiger partial charge in [-0.05, 0) is 31.2 Å². The molecule has 0 bridgehead atoms. The summed E-state index contributed by atoms with van der Waals surface area (Å²) in [6.45, 7) is 6.38. The third-order valence-electron chi connectivity index (χ3n) is 3.33. The second-order valence-electron chi connectivity index (χ2n) is 4.99. The number of methoxy groups -OCH3 is 3. The van der Waals surface area contributed by atoms with E-state index in [-0.39, 0.29) is 18.8 Å². The maximum atomic E-state index is 12.1. The van der Waals surface area contributed by atoms with Gasteiger partial charge in [-0.1, -0.05) is 6.58 Å². The lowest BCUT2D eigenvalue weighted by atomic mass is 10.1. The van der Waals surface area contributed by atoms with Crippen molar-refractivity contribution in [2.45, 2.75) is 19.6 Å². The lowest BCUT2D eigenvalue weighted by Gasteiger charge is -2.25. The Morgan fingerprint density at radius 1 is 1.35 bits per heavy atom. The smallest absolute Gasteiger partial charge is 0.246 e. The summed E-state index contributed by atoms with van der Waals surface area (Å²) in [5, 5.41) is 0. The van der Waals surface area contributed by atoms with Crippen LogP contribution in [0.1, 0.15) is 12.5 Å². The van der Waals surface area contributed by atoms with Crippen LogP contribution in [0.25, 0.3) is 0 Å². The average Bonchev–Trinajstić information content (AvgIpc) is 2.58. The first-order chi connectivity index (χ1) is 11.0. The van der Waals surface area contributed by atoms with E-state index in [4.69, 9.17) is 18.9 Å². The zero-order valence-corrected chi connectivity index (χ0v) is 14.2. The first-order valence-corrected chi connectivity index (χ1v) is 7.28. The number of amides is 1. The number of carbonyl (C=O) groups excluding carboxylic acids is 1. The predicted octanol–water partition coefficient (Wildman–Crippen LogP) is 2.23. The van der Waals surface area contributed by atoms with Gasteiger partial charge in [-0.25, -0.2) is 0 Å². The van der Waals surface area contributed by atoms with E-state index in [0.29, 0.717) is 24.6 Å². The van der Waals surface area contributed by atoms with Gasteiger partial charge < -0.3 is 23.8 Å². The van der Waals surface area contributed by atoms with E-state index >= 15 is 0 Å². The van der Waals surface area contributed by atoms with Crippen molar-refractivity contribution < 1.29 is 23.7 Å². The van der Waals surface area contributed by atoms with Gasteiger partial charge in [0.25, 0.3) is 0 Å². The second-order valence-corrected chi connectivity index (χ2v) is 4.99. The van der Waals surface area contributed by atoms with Gasteiger partial charge in [0.05, 0.1) is 13.2 Å². The predicted molar refractivity (Wildman–Crippen MR) is 87.6 cm³/mol. The molecule has 0 radical (unpaired) electrons. The zero-order chi connectivity index (χ0) is 17.2. The summed E-state index contributed by atoms with van der Waals surface area (Å²) in [6, 6.07) is 5.43. The van der Waals surface area contributed by atoms with Crippen molar-refractivity contribution in [2.24, 2.45) is 0 Å². The number of rotatable bonds is 10. The summed E-state index contributed by atoms with van der Waals surface area (Å²) in [5.41, 5.74) is 0.819. The molecule has 1 aromatic rings. The topological polar surface area (TPSA) is 57.2 Å². The molecule has 0 saturated heterocycles. The van der Waals surface area contributed by atoms with Crippen LogP contribution >= 0.6 is 0 Å². The van der Waals surface area contributed by atoms with Crippen LogP contribution in [-0.2, 0) is 20.8 Å². The molecule has 0 aliphatic carbocycles. The highest BCUT2D eigenvalue weighted by Crippen LogP contribution is 2.26. The second kappa shape index (κ2) is 9.86. The van der Waals surface area contributed by atoms with Crippen molar-refractivity contribution in [3.63, 3.8) is 0 Å². The Balaban J connectivity index is 3.03. The molecule has 0 saturated carbocycles. The molecule has 0 aliphatic rings. The van der Waals surface area contributed by atoms with Crippen LogP contribution in [0.4, 0.5) is 0 Å². The Hall–Kier alpha value is -2.05. The number of hydrogen-bond acceptors (Lipinski definition) is 5. The van der Waals surface area contributed by atoms with Gasteiger partial charge in [-0.3, -0.25) is 4.79 Å². The zero-order valence-electron chi connectivity index (χ0n) is 14.2. The Kier molecular flexibility index (Phi) is 8.15. The normalized spacial score (nSPS) is 11.7. The minimum Gasteiger partial charge on any atom is -0.497 e. The summed E-state index contributed by atoms with van der Waals surface area (Å²) in [7, 11) is 4.76. The molecule has 1 aromatic carbocycles. The third kappa shape index (κ3) is 5.92. The van der Waals surface area contributed by atoms with E-state index in [1.54, 1.807) is 38.4 Å². The van der Waals surface area contributed by atoms with Crippen LogP contribution in [0.3, 0.4) is 0 Å². The lowest BCUT2D eigenvalue weighted by molar-refractivity contribution is -0.128. The van der Waals surface area contributed by atoms with Crippen molar-refractivity contribution in [2.75, 3.05) is 34.7 Å². The van der Waals surface area contributed by atoms with E-state index in [1.165, 1.54) is 6.08 Å². The van der Waals surface area contributed by atoms with Crippen LogP contribution in [0.5, 0.6) is 11.5 Å². The van der Waals surface area contributed by atoms with Crippen LogP contribution in [-0.4, -0.2) is 51.6 Å². The summed E-state index contributed by atoms with van der Waals surface area (Å²) in [5.74, 6) is 1.16. The monoisotopic (exact) mass is 323 g/mol. The van der Waals surface area contributed by atoms with Gasteiger partial charge in [0.1, 0.15) is 11.5 Å². The molecule has 0 spiro atoms. The van der Waals surface area contributed by atoms with E-state index in [2.05, 4.69) is 6.58 Å². The fourth-order valence-corrected chi connectivity index (χ4v) is 2.02. The van der Waals surface area contributed by atoms with Crippen LogP contribution in [0.15, 0.2) is 30.9 Å². The van der Waals surface area contributed by atoms with Gasteiger partial charge in [-0.15, -0.1) is 0 Å². The molecule has 1 unspecified atom stereocenters. The first-order valence-electron chi connectivity index (χ1n) is 7.28. The van der Waals surface area contributed by atoms with Gasteiger partial charge in [0.2, 0.25) is 5.91 Å². The molecule has 6 heteroatoms. The standard InChI is InChI=1S/C17H25NO5/c1-6-17(19)18(10-13(2)21-4)11-14-9-15(22-5)7-8-16(14)23-12-20-3/h6-9,13H,1,10-12H2,2-5H3. The summed E-state index contributed by atoms with van der Waals surface area (Å²) < 4.78 is 21.0. The van der Waals surface area contributed by atoms with Crippen LogP contribution in [0.2, 0.25) is 0 Å². The molecule has 1 amide bonds. The van der Waals surface area contributed by atoms with Gasteiger partial charge >= 0.3 is 0 Å². The van der Waals surface area contributed by atoms with Gasteiger partial charge in [0.15, 0.2) is 6.79 Å². The molecular weight excluding hydrogens is 298 g/mol. The Morgan fingerprint density at radius 2 is 2.09 bits per heavy atom. The van der Waals surface area contributed by atoms with E-state index in [9.17, 15) is 4.79 Å². The molecule has 23 heavy (non-hydrogen) atoms. The molecule has 128 valence electrons. The minimum absolute atomic E-state index is 0.0900. The fourth-order valence-electron chi connectivity index (χ4n) is 2.02. The highest BCUT2D eigenvalue weighted by Gasteiger charge is 2.17.